The van der Waals surface area contributed by atoms with Crippen molar-refractivity contribution >= 4 is 5.91 Å². The number of carbonyl (C=O) groups is 1. The standard InChI is InChI=1S/C17H24N4O/c22-16-15-3-1-2-10-21(15)17(19-16)6-11-20(12-7-17)13-14-4-8-18-9-5-14/h4-5,8-9,15H,1-3,6-7,10-13H2,(H,19,22). The molecule has 3 aliphatic rings. The summed E-state index contributed by atoms with van der Waals surface area (Å²) >= 11 is 0. The molecule has 3 fully saturated rings. The molecular formula is C17H24N4O. The number of pyridine rings is 1. The van der Waals surface area contributed by atoms with Crippen LogP contribution < -0.4 is 5.32 Å². The summed E-state index contributed by atoms with van der Waals surface area (Å²) in [5.74, 6) is 0.266. The van der Waals surface area contributed by atoms with E-state index in [2.05, 4.69) is 32.2 Å². The number of hydrogen-bond donors (Lipinski definition) is 1. The Kier molecular flexibility index (Phi) is 3.62. The smallest absolute Gasteiger partial charge is 0.238 e. The van der Waals surface area contributed by atoms with Crippen molar-refractivity contribution in [1.82, 2.24) is 20.1 Å². The van der Waals surface area contributed by atoms with E-state index in [0.29, 0.717) is 0 Å². The van der Waals surface area contributed by atoms with Crippen molar-refractivity contribution in [2.24, 2.45) is 0 Å². The third-order valence-electron chi connectivity index (χ3n) is 5.55. The second-order valence-electron chi connectivity index (χ2n) is 6.86. The number of nitrogens with one attached hydrogen (secondary N) is 1. The number of amides is 1. The van der Waals surface area contributed by atoms with Crippen LogP contribution in [0.1, 0.15) is 37.7 Å². The monoisotopic (exact) mass is 300 g/mol. The zero-order chi connectivity index (χ0) is 15.0. The number of fused-ring (bicyclic) bond motifs is 2. The number of nitrogens with zero attached hydrogens (tertiary/aromatic N) is 3. The van der Waals surface area contributed by atoms with Gasteiger partial charge in [0, 0.05) is 38.6 Å². The first kappa shape index (κ1) is 14.2. The molecule has 5 heteroatoms. The van der Waals surface area contributed by atoms with Crippen LogP contribution in [0.4, 0.5) is 0 Å². The Hall–Kier alpha value is -1.46. The van der Waals surface area contributed by atoms with Gasteiger partial charge in [-0.3, -0.25) is 19.6 Å². The molecule has 0 aliphatic carbocycles. The normalized spacial score (nSPS) is 28.5. The molecule has 3 saturated heterocycles. The maximum atomic E-state index is 12.3. The molecule has 118 valence electrons. The molecule has 1 aromatic rings. The Morgan fingerprint density at radius 2 is 1.95 bits per heavy atom. The topological polar surface area (TPSA) is 48.5 Å². The van der Waals surface area contributed by atoms with Crippen LogP contribution >= 0.6 is 0 Å². The first-order valence-corrected chi connectivity index (χ1v) is 8.47. The number of rotatable bonds is 2. The summed E-state index contributed by atoms with van der Waals surface area (Å²) in [6, 6.07) is 4.31. The largest absolute Gasteiger partial charge is 0.336 e. The van der Waals surface area contributed by atoms with Gasteiger partial charge in [-0.1, -0.05) is 6.42 Å². The zero-order valence-electron chi connectivity index (χ0n) is 13.0. The van der Waals surface area contributed by atoms with Gasteiger partial charge in [0.15, 0.2) is 0 Å². The Morgan fingerprint density at radius 3 is 2.73 bits per heavy atom. The van der Waals surface area contributed by atoms with Gasteiger partial charge >= 0.3 is 0 Å². The molecule has 0 radical (unpaired) electrons. The molecule has 3 aliphatic heterocycles. The number of piperidine rings is 2. The van der Waals surface area contributed by atoms with E-state index in [-0.39, 0.29) is 17.6 Å². The van der Waals surface area contributed by atoms with Crippen LogP contribution in [0.3, 0.4) is 0 Å². The van der Waals surface area contributed by atoms with Crippen LogP contribution in [-0.2, 0) is 11.3 Å². The molecule has 1 spiro atoms. The molecule has 0 saturated carbocycles. The van der Waals surface area contributed by atoms with Crippen LogP contribution in [0, 0.1) is 0 Å². The van der Waals surface area contributed by atoms with Crippen molar-refractivity contribution in [3.63, 3.8) is 0 Å². The second-order valence-corrected chi connectivity index (χ2v) is 6.86. The minimum absolute atomic E-state index is 0.0586. The molecule has 1 aromatic heterocycles. The van der Waals surface area contributed by atoms with E-state index in [0.717, 1.165) is 45.4 Å². The Morgan fingerprint density at radius 1 is 1.18 bits per heavy atom. The highest BCUT2D eigenvalue weighted by Gasteiger charge is 2.52. The summed E-state index contributed by atoms with van der Waals surface area (Å²) < 4.78 is 0. The van der Waals surface area contributed by atoms with E-state index in [1.165, 1.54) is 18.4 Å². The van der Waals surface area contributed by atoms with Gasteiger partial charge in [0.2, 0.25) is 5.91 Å². The lowest BCUT2D eigenvalue weighted by atomic mass is 9.93. The van der Waals surface area contributed by atoms with E-state index >= 15 is 0 Å². The summed E-state index contributed by atoms with van der Waals surface area (Å²) in [5, 5.41) is 3.35. The maximum absolute atomic E-state index is 12.3. The lowest BCUT2D eigenvalue weighted by Crippen LogP contribution is -2.59. The summed E-state index contributed by atoms with van der Waals surface area (Å²) in [7, 11) is 0. The van der Waals surface area contributed by atoms with Gasteiger partial charge in [-0.25, -0.2) is 0 Å². The van der Waals surface area contributed by atoms with Crippen LogP contribution in [-0.4, -0.2) is 52.0 Å². The van der Waals surface area contributed by atoms with Crippen molar-refractivity contribution in [2.45, 2.75) is 50.4 Å². The quantitative estimate of drug-likeness (QED) is 0.896. The van der Waals surface area contributed by atoms with Crippen LogP contribution in [0.5, 0.6) is 0 Å². The minimum Gasteiger partial charge on any atom is -0.336 e. The SMILES string of the molecule is O=C1NC2(CCN(Cc3ccncc3)CC2)N2CCCCC12. The molecule has 0 bridgehead atoms. The molecular weight excluding hydrogens is 276 g/mol. The van der Waals surface area contributed by atoms with Crippen molar-refractivity contribution in [1.29, 1.82) is 0 Å². The molecule has 22 heavy (non-hydrogen) atoms. The molecule has 1 amide bonds. The number of likely N-dealkylation sites (tertiary alicyclic amines) is 1. The third-order valence-corrected chi connectivity index (χ3v) is 5.55. The predicted molar refractivity (Wildman–Crippen MR) is 84.0 cm³/mol. The Balaban J connectivity index is 1.42. The van der Waals surface area contributed by atoms with Crippen molar-refractivity contribution < 1.29 is 4.79 Å². The molecule has 1 unspecified atom stereocenters. The first-order chi connectivity index (χ1) is 10.8. The molecule has 1 atom stereocenters. The molecule has 0 aromatic carbocycles. The maximum Gasteiger partial charge on any atom is 0.238 e. The highest BCUT2D eigenvalue weighted by atomic mass is 16.2. The summed E-state index contributed by atoms with van der Waals surface area (Å²) in [4.78, 5) is 21.3. The lowest BCUT2D eigenvalue weighted by molar-refractivity contribution is -0.122. The minimum atomic E-state index is -0.0586. The summed E-state index contributed by atoms with van der Waals surface area (Å²) in [5.41, 5.74) is 1.26. The molecule has 4 rings (SSSR count). The van der Waals surface area contributed by atoms with E-state index < -0.39 is 0 Å². The van der Waals surface area contributed by atoms with Gasteiger partial charge in [-0.05, 0) is 43.4 Å². The number of carbonyl (C=O) groups excluding carboxylic acids is 1. The number of aromatic nitrogens is 1. The third kappa shape index (κ3) is 2.42. The van der Waals surface area contributed by atoms with Gasteiger partial charge in [0.05, 0.1) is 11.7 Å². The van der Waals surface area contributed by atoms with Crippen LogP contribution in [0.25, 0.3) is 0 Å². The van der Waals surface area contributed by atoms with Crippen molar-refractivity contribution in [2.75, 3.05) is 19.6 Å². The molecule has 5 nitrogen and oxygen atoms in total. The van der Waals surface area contributed by atoms with Gasteiger partial charge in [0.1, 0.15) is 0 Å². The van der Waals surface area contributed by atoms with E-state index in [1.807, 2.05) is 12.4 Å². The van der Waals surface area contributed by atoms with Crippen molar-refractivity contribution in [3.8, 4) is 0 Å². The average Bonchev–Trinajstić information content (AvgIpc) is 2.84. The fourth-order valence-electron chi connectivity index (χ4n) is 4.34. The number of hydrogen-bond acceptors (Lipinski definition) is 4. The van der Waals surface area contributed by atoms with Crippen LogP contribution in [0.2, 0.25) is 0 Å². The first-order valence-electron chi connectivity index (χ1n) is 8.47. The Labute approximate surface area is 131 Å². The van der Waals surface area contributed by atoms with Gasteiger partial charge in [-0.2, -0.15) is 0 Å². The predicted octanol–water partition coefficient (Wildman–Crippen LogP) is 1.36. The summed E-state index contributed by atoms with van der Waals surface area (Å²) in [6.07, 6.45) is 9.26. The molecule has 1 N–H and O–H groups in total. The fourth-order valence-corrected chi connectivity index (χ4v) is 4.34. The van der Waals surface area contributed by atoms with Gasteiger partial charge < -0.3 is 5.32 Å². The van der Waals surface area contributed by atoms with Gasteiger partial charge in [0.25, 0.3) is 0 Å². The lowest BCUT2D eigenvalue weighted by Gasteiger charge is -2.46. The Bertz CT molecular complexity index is 539. The summed E-state index contributed by atoms with van der Waals surface area (Å²) in [6.45, 7) is 4.15. The van der Waals surface area contributed by atoms with E-state index in [9.17, 15) is 4.79 Å². The fraction of sp³-hybridized carbons (Fsp3) is 0.647. The second kappa shape index (κ2) is 5.63. The highest BCUT2D eigenvalue weighted by Crippen LogP contribution is 2.37. The zero-order valence-corrected chi connectivity index (χ0v) is 13.0. The molecule has 4 heterocycles. The van der Waals surface area contributed by atoms with E-state index in [4.69, 9.17) is 0 Å². The van der Waals surface area contributed by atoms with Crippen LogP contribution in [0.15, 0.2) is 24.5 Å². The highest BCUT2D eigenvalue weighted by molar-refractivity contribution is 5.85. The van der Waals surface area contributed by atoms with E-state index in [1.54, 1.807) is 0 Å². The van der Waals surface area contributed by atoms with Gasteiger partial charge in [-0.15, -0.1) is 0 Å². The average molecular weight is 300 g/mol. The van der Waals surface area contributed by atoms with Crippen molar-refractivity contribution in [3.05, 3.63) is 30.1 Å².